The van der Waals surface area contributed by atoms with Crippen LogP contribution in [0.15, 0.2) is 9.64 Å². The Morgan fingerprint density at radius 2 is 2.06 bits per heavy atom. The highest BCUT2D eigenvalue weighted by atomic mass is 32.2. The van der Waals surface area contributed by atoms with E-state index < -0.39 is 0 Å². The lowest BCUT2D eigenvalue weighted by Crippen LogP contribution is -2.38. The summed E-state index contributed by atoms with van der Waals surface area (Å²) in [7, 11) is 2.05. The van der Waals surface area contributed by atoms with Crippen LogP contribution in [0.3, 0.4) is 0 Å². The van der Waals surface area contributed by atoms with Gasteiger partial charge < -0.3 is 9.73 Å². The minimum atomic E-state index is 0.603. The molecule has 1 heterocycles. The smallest absolute Gasteiger partial charge is 0.256 e. The fourth-order valence-electron chi connectivity index (χ4n) is 2.19. The van der Waals surface area contributed by atoms with Crippen molar-refractivity contribution in [2.24, 2.45) is 0 Å². The molecule has 0 aromatic carbocycles. The topological polar surface area (TPSA) is 38.1 Å². The number of aryl methyl sites for hydroxylation is 2. The Labute approximate surface area is 101 Å². The van der Waals surface area contributed by atoms with Crippen molar-refractivity contribution in [2.45, 2.75) is 56.0 Å². The molecule has 1 aromatic heterocycles. The van der Waals surface area contributed by atoms with Gasteiger partial charge in [0.2, 0.25) is 0 Å². The standard InChI is InChI=1S/C12H20N2OS/c1-8-9(2)15-12(14-8)16-11-7-5-4-6-10(11)13-3/h10-11,13H,4-7H2,1-3H3. The molecule has 1 N–H and O–H groups in total. The molecule has 0 spiro atoms. The van der Waals surface area contributed by atoms with E-state index in [-0.39, 0.29) is 0 Å². The summed E-state index contributed by atoms with van der Waals surface area (Å²) in [5.41, 5.74) is 1.01. The Balaban J connectivity index is 2.02. The highest BCUT2D eigenvalue weighted by Crippen LogP contribution is 2.33. The molecule has 1 aromatic rings. The number of aromatic nitrogens is 1. The van der Waals surface area contributed by atoms with Crippen molar-refractivity contribution in [3.63, 3.8) is 0 Å². The Kier molecular flexibility index (Phi) is 3.92. The van der Waals surface area contributed by atoms with E-state index in [2.05, 4.69) is 17.3 Å². The molecular formula is C12H20N2OS. The van der Waals surface area contributed by atoms with Crippen LogP contribution < -0.4 is 5.32 Å². The van der Waals surface area contributed by atoms with E-state index in [1.807, 2.05) is 13.8 Å². The molecule has 1 aliphatic carbocycles. The maximum Gasteiger partial charge on any atom is 0.256 e. The van der Waals surface area contributed by atoms with Crippen molar-refractivity contribution in [2.75, 3.05) is 7.05 Å². The van der Waals surface area contributed by atoms with Gasteiger partial charge in [-0.1, -0.05) is 24.6 Å². The molecule has 0 amide bonds. The number of rotatable bonds is 3. The van der Waals surface area contributed by atoms with Crippen LogP contribution in [-0.4, -0.2) is 23.3 Å². The van der Waals surface area contributed by atoms with Crippen molar-refractivity contribution in [3.05, 3.63) is 11.5 Å². The van der Waals surface area contributed by atoms with Crippen molar-refractivity contribution >= 4 is 11.8 Å². The van der Waals surface area contributed by atoms with Crippen molar-refractivity contribution < 1.29 is 4.42 Å². The third kappa shape index (κ3) is 2.61. The molecule has 0 saturated heterocycles. The zero-order chi connectivity index (χ0) is 11.5. The molecule has 0 bridgehead atoms. The number of hydrogen-bond acceptors (Lipinski definition) is 4. The lowest BCUT2D eigenvalue weighted by atomic mass is 9.95. The average molecular weight is 240 g/mol. The maximum atomic E-state index is 5.63. The molecule has 16 heavy (non-hydrogen) atoms. The van der Waals surface area contributed by atoms with Gasteiger partial charge in [0.05, 0.1) is 5.69 Å². The van der Waals surface area contributed by atoms with Crippen LogP contribution in [0.2, 0.25) is 0 Å². The molecule has 2 atom stereocenters. The van der Waals surface area contributed by atoms with Crippen LogP contribution in [0.4, 0.5) is 0 Å². The van der Waals surface area contributed by atoms with Gasteiger partial charge in [-0.15, -0.1) is 0 Å². The van der Waals surface area contributed by atoms with Gasteiger partial charge in [0.1, 0.15) is 5.76 Å². The molecule has 1 saturated carbocycles. The second-order valence-corrected chi connectivity index (χ2v) is 5.65. The molecule has 0 radical (unpaired) electrons. The van der Waals surface area contributed by atoms with E-state index in [1.54, 1.807) is 11.8 Å². The third-order valence-electron chi connectivity index (χ3n) is 3.33. The third-order valence-corrected chi connectivity index (χ3v) is 4.58. The number of oxazole rings is 1. The lowest BCUT2D eigenvalue weighted by molar-refractivity contribution is 0.395. The molecule has 2 rings (SSSR count). The minimum Gasteiger partial charge on any atom is -0.437 e. The molecule has 4 heteroatoms. The lowest BCUT2D eigenvalue weighted by Gasteiger charge is -2.29. The van der Waals surface area contributed by atoms with E-state index in [1.165, 1.54) is 25.7 Å². The zero-order valence-corrected chi connectivity index (χ0v) is 11.1. The fraction of sp³-hybridized carbons (Fsp3) is 0.750. The van der Waals surface area contributed by atoms with Gasteiger partial charge in [0, 0.05) is 11.3 Å². The Morgan fingerprint density at radius 3 is 2.69 bits per heavy atom. The molecule has 0 aliphatic heterocycles. The molecule has 1 aliphatic rings. The van der Waals surface area contributed by atoms with Crippen LogP contribution in [-0.2, 0) is 0 Å². The monoisotopic (exact) mass is 240 g/mol. The highest BCUT2D eigenvalue weighted by Gasteiger charge is 2.26. The van der Waals surface area contributed by atoms with E-state index >= 15 is 0 Å². The summed E-state index contributed by atoms with van der Waals surface area (Å²) in [4.78, 5) is 4.44. The van der Waals surface area contributed by atoms with Crippen LogP contribution in [0.1, 0.15) is 37.1 Å². The predicted molar refractivity (Wildman–Crippen MR) is 66.9 cm³/mol. The summed E-state index contributed by atoms with van der Waals surface area (Å²) in [5.74, 6) is 0.944. The number of thioether (sulfide) groups is 1. The first-order chi connectivity index (χ1) is 7.70. The second-order valence-electron chi connectivity index (χ2n) is 4.46. The van der Waals surface area contributed by atoms with Gasteiger partial charge in [-0.05, 0) is 33.7 Å². The molecule has 1 fully saturated rings. The van der Waals surface area contributed by atoms with Gasteiger partial charge in [0.15, 0.2) is 0 Å². The van der Waals surface area contributed by atoms with E-state index in [0.29, 0.717) is 11.3 Å². The minimum absolute atomic E-state index is 0.603. The number of nitrogens with one attached hydrogen (secondary N) is 1. The van der Waals surface area contributed by atoms with E-state index in [9.17, 15) is 0 Å². The molecule has 90 valence electrons. The van der Waals surface area contributed by atoms with Crippen LogP contribution in [0.25, 0.3) is 0 Å². The SMILES string of the molecule is CNC1CCCCC1Sc1nc(C)c(C)o1. The van der Waals surface area contributed by atoms with Crippen LogP contribution >= 0.6 is 11.8 Å². The molecule has 3 nitrogen and oxygen atoms in total. The molecule has 2 unspecified atom stereocenters. The fourth-order valence-corrected chi connectivity index (χ4v) is 3.53. The summed E-state index contributed by atoms with van der Waals surface area (Å²) in [6.45, 7) is 3.97. The second kappa shape index (κ2) is 5.23. The summed E-state index contributed by atoms with van der Waals surface area (Å²) >= 11 is 1.79. The van der Waals surface area contributed by atoms with E-state index in [0.717, 1.165) is 16.7 Å². The summed E-state index contributed by atoms with van der Waals surface area (Å²) in [6.07, 6.45) is 5.20. The average Bonchev–Trinajstić information content (AvgIpc) is 2.59. The maximum absolute atomic E-state index is 5.63. The Bertz CT molecular complexity index is 331. The van der Waals surface area contributed by atoms with Gasteiger partial charge in [-0.3, -0.25) is 0 Å². The number of hydrogen-bond donors (Lipinski definition) is 1. The quantitative estimate of drug-likeness (QED) is 0.881. The normalized spacial score (nSPS) is 25.9. The Hall–Kier alpha value is -0.480. The largest absolute Gasteiger partial charge is 0.437 e. The van der Waals surface area contributed by atoms with Gasteiger partial charge in [0.25, 0.3) is 5.22 Å². The van der Waals surface area contributed by atoms with Crippen molar-refractivity contribution in [1.82, 2.24) is 10.3 Å². The first-order valence-corrected chi connectivity index (χ1v) is 6.86. The van der Waals surface area contributed by atoms with Gasteiger partial charge in [-0.2, -0.15) is 0 Å². The summed E-state index contributed by atoms with van der Waals surface area (Å²) in [5, 5.41) is 4.85. The summed E-state index contributed by atoms with van der Waals surface area (Å²) < 4.78 is 5.63. The van der Waals surface area contributed by atoms with Crippen molar-refractivity contribution in [3.8, 4) is 0 Å². The molecular weight excluding hydrogens is 220 g/mol. The first kappa shape index (κ1) is 12.0. The van der Waals surface area contributed by atoms with Gasteiger partial charge >= 0.3 is 0 Å². The van der Waals surface area contributed by atoms with Crippen molar-refractivity contribution in [1.29, 1.82) is 0 Å². The van der Waals surface area contributed by atoms with Crippen LogP contribution in [0.5, 0.6) is 0 Å². The predicted octanol–water partition coefficient (Wildman–Crippen LogP) is 2.91. The Morgan fingerprint density at radius 1 is 1.31 bits per heavy atom. The van der Waals surface area contributed by atoms with Gasteiger partial charge in [-0.25, -0.2) is 4.98 Å². The highest BCUT2D eigenvalue weighted by molar-refractivity contribution is 7.99. The number of nitrogens with zero attached hydrogens (tertiary/aromatic N) is 1. The van der Waals surface area contributed by atoms with E-state index in [4.69, 9.17) is 4.42 Å². The van der Waals surface area contributed by atoms with Crippen LogP contribution in [0, 0.1) is 13.8 Å². The summed E-state index contributed by atoms with van der Waals surface area (Å²) in [6, 6.07) is 0.603. The zero-order valence-electron chi connectivity index (χ0n) is 10.2. The first-order valence-electron chi connectivity index (χ1n) is 5.98.